The Labute approximate surface area is 143 Å². The van der Waals surface area contributed by atoms with Gasteiger partial charge < -0.3 is 26.2 Å². The van der Waals surface area contributed by atoms with Gasteiger partial charge in [-0.25, -0.2) is 9.78 Å². The molecule has 0 aliphatic rings. The third-order valence-electron chi connectivity index (χ3n) is 3.45. The van der Waals surface area contributed by atoms with Crippen LogP contribution < -0.4 is 21.1 Å². The van der Waals surface area contributed by atoms with Crippen LogP contribution in [-0.4, -0.2) is 45.9 Å². The number of rotatable bonds is 7. The largest absolute Gasteiger partial charge is 0.492 e. The highest BCUT2D eigenvalue weighted by Gasteiger charge is 2.16. The lowest BCUT2D eigenvalue weighted by Crippen LogP contribution is -2.10. The SMILES string of the molecule is CNc1cc(Nc2cccc(OCCN)c2)nc2c(C(=O)O)cnn12. The molecule has 1 aromatic carbocycles. The van der Waals surface area contributed by atoms with Gasteiger partial charge in [0, 0.05) is 31.4 Å². The average molecular weight is 342 g/mol. The molecule has 130 valence electrons. The number of aromatic nitrogens is 3. The van der Waals surface area contributed by atoms with Gasteiger partial charge in [0.15, 0.2) is 5.65 Å². The number of nitrogens with one attached hydrogen (secondary N) is 2. The Balaban J connectivity index is 1.96. The first-order valence-electron chi connectivity index (χ1n) is 7.62. The molecule has 2 heterocycles. The highest BCUT2D eigenvalue weighted by molar-refractivity contribution is 5.94. The summed E-state index contributed by atoms with van der Waals surface area (Å²) in [5.41, 5.74) is 6.47. The molecule has 9 heteroatoms. The Bertz CT molecular complexity index is 908. The molecule has 25 heavy (non-hydrogen) atoms. The molecule has 0 atom stereocenters. The Hall–Kier alpha value is -3.33. The van der Waals surface area contributed by atoms with Gasteiger partial charge in [-0.2, -0.15) is 9.61 Å². The maximum Gasteiger partial charge on any atom is 0.341 e. The van der Waals surface area contributed by atoms with Gasteiger partial charge in [0.25, 0.3) is 0 Å². The molecule has 3 aromatic rings. The number of nitrogens with two attached hydrogens (primary N) is 1. The third-order valence-corrected chi connectivity index (χ3v) is 3.45. The van der Waals surface area contributed by atoms with Crippen LogP contribution >= 0.6 is 0 Å². The molecule has 0 amide bonds. The van der Waals surface area contributed by atoms with Crippen LogP contribution in [0.3, 0.4) is 0 Å². The first-order chi connectivity index (χ1) is 12.1. The molecule has 0 aliphatic heterocycles. The molecule has 0 saturated heterocycles. The number of aromatic carboxylic acids is 1. The quantitative estimate of drug-likeness (QED) is 0.509. The van der Waals surface area contributed by atoms with E-state index in [-0.39, 0.29) is 11.2 Å². The summed E-state index contributed by atoms with van der Waals surface area (Å²) in [6.45, 7) is 0.857. The highest BCUT2D eigenvalue weighted by atomic mass is 16.5. The average Bonchev–Trinajstić information content (AvgIpc) is 3.03. The second kappa shape index (κ2) is 7.05. The Kier molecular flexibility index (Phi) is 4.66. The Morgan fingerprint density at radius 3 is 2.96 bits per heavy atom. The molecule has 0 fully saturated rings. The number of nitrogens with zero attached hydrogens (tertiary/aromatic N) is 3. The summed E-state index contributed by atoms with van der Waals surface area (Å²) in [6, 6.07) is 9.08. The fourth-order valence-corrected chi connectivity index (χ4v) is 2.34. The summed E-state index contributed by atoms with van der Waals surface area (Å²) in [5, 5.41) is 19.5. The van der Waals surface area contributed by atoms with Crippen LogP contribution in [0.5, 0.6) is 5.75 Å². The van der Waals surface area contributed by atoms with E-state index < -0.39 is 5.97 Å². The van der Waals surface area contributed by atoms with Gasteiger partial charge in [-0.15, -0.1) is 0 Å². The number of hydrogen-bond donors (Lipinski definition) is 4. The van der Waals surface area contributed by atoms with Gasteiger partial charge in [-0.3, -0.25) is 0 Å². The number of ether oxygens (including phenoxy) is 1. The van der Waals surface area contributed by atoms with Crippen LogP contribution in [0.15, 0.2) is 36.5 Å². The molecule has 0 aliphatic carbocycles. The van der Waals surface area contributed by atoms with Crippen molar-refractivity contribution in [3.63, 3.8) is 0 Å². The van der Waals surface area contributed by atoms with E-state index in [1.54, 1.807) is 13.1 Å². The van der Waals surface area contributed by atoms with E-state index in [9.17, 15) is 9.90 Å². The smallest absolute Gasteiger partial charge is 0.341 e. The van der Waals surface area contributed by atoms with E-state index in [1.165, 1.54) is 10.7 Å². The van der Waals surface area contributed by atoms with Crippen molar-refractivity contribution in [2.24, 2.45) is 5.73 Å². The van der Waals surface area contributed by atoms with E-state index in [1.807, 2.05) is 24.3 Å². The minimum Gasteiger partial charge on any atom is -0.492 e. The van der Waals surface area contributed by atoms with Crippen molar-refractivity contribution < 1.29 is 14.6 Å². The fourth-order valence-electron chi connectivity index (χ4n) is 2.34. The molecule has 3 rings (SSSR count). The second-order valence-electron chi connectivity index (χ2n) is 5.17. The van der Waals surface area contributed by atoms with E-state index in [0.717, 1.165) is 5.69 Å². The van der Waals surface area contributed by atoms with Gasteiger partial charge in [0.05, 0.1) is 6.20 Å². The topological polar surface area (TPSA) is 127 Å². The minimum atomic E-state index is -1.08. The van der Waals surface area contributed by atoms with Crippen molar-refractivity contribution in [1.82, 2.24) is 14.6 Å². The molecule has 0 bridgehead atoms. The minimum absolute atomic E-state index is 0.0279. The van der Waals surface area contributed by atoms with Gasteiger partial charge >= 0.3 is 5.97 Å². The molecular formula is C16H18N6O3. The summed E-state index contributed by atoms with van der Waals surface area (Å²) >= 11 is 0. The molecule has 2 aromatic heterocycles. The highest BCUT2D eigenvalue weighted by Crippen LogP contribution is 2.24. The summed E-state index contributed by atoms with van der Waals surface area (Å²) in [4.78, 5) is 15.7. The molecule has 0 unspecified atom stereocenters. The van der Waals surface area contributed by atoms with Crippen LogP contribution in [0.4, 0.5) is 17.3 Å². The first kappa shape index (κ1) is 16.5. The number of benzene rings is 1. The molecular weight excluding hydrogens is 324 g/mol. The number of carbonyl (C=O) groups is 1. The lowest BCUT2D eigenvalue weighted by Gasteiger charge is -2.11. The van der Waals surface area contributed by atoms with Crippen LogP contribution in [0.25, 0.3) is 5.65 Å². The van der Waals surface area contributed by atoms with Crippen molar-refractivity contribution in [2.45, 2.75) is 0 Å². The van der Waals surface area contributed by atoms with Crippen molar-refractivity contribution in [1.29, 1.82) is 0 Å². The standard InChI is InChI=1S/C16H18N6O3/c1-18-14-8-13(21-15-12(16(23)24)9-19-22(14)15)20-10-3-2-4-11(7-10)25-6-5-17/h2-4,7-9,18H,5-6,17H2,1H3,(H,20,21)(H,23,24). The summed E-state index contributed by atoms with van der Waals surface area (Å²) in [6.07, 6.45) is 1.27. The zero-order valence-electron chi connectivity index (χ0n) is 13.6. The number of carboxylic acid groups (broad SMARTS) is 1. The van der Waals surface area contributed by atoms with Crippen molar-refractivity contribution in [3.05, 3.63) is 42.1 Å². The monoisotopic (exact) mass is 342 g/mol. The van der Waals surface area contributed by atoms with Crippen LogP contribution in [0.2, 0.25) is 0 Å². The summed E-state index contributed by atoms with van der Waals surface area (Å²) in [5.74, 6) is 0.686. The summed E-state index contributed by atoms with van der Waals surface area (Å²) in [7, 11) is 1.72. The predicted molar refractivity (Wildman–Crippen MR) is 93.8 cm³/mol. The molecule has 9 nitrogen and oxygen atoms in total. The molecule has 0 saturated carbocycles. The zero-order chi connectivity index (χ0) is 17.8. The summed E-state index contributed by atoms with van der Waals surface area (Å²) < 4.78 is 6.94. The first-order valence-corrected chi connectivity index (χ1v) is 7.62. The van der Waals surface area contributed by atoms with E-state index in [2.05, 4.69) is 20.7 Å². The normalized spacial score (nSPS) is 10.6. The van der Waals surface area contributed by atoms with Gasteiger partial charge in [-0.05, 0) is 12.1 Å². The number of carboxylic acids is 1. The van der Waals surface area contributed by atoms with Crippen molar-refractivity contribution in [3.8, 4) is 5.75 Å². The van der Waals surface area contributed by atoms with E-state index >= 15 is 0 Å². The molecule has 0 spiro atoms. The second-order valence-corrected chi connectivity index (χ2v) is 5.17. The zero-order valence-corrected chi connectivity index (χ0v) is 13.6. The maximum absolute atomic E-state index is 11.3. The maximum atomic E-state index is 11.3. The fraction of sp³-hybridized carbons (Fsp3) is 0.188. The lowest BCUT2D eigenvalue weighted by molar-refractivity contribution is 0.0699. The third kappa shape index (κ3) is 3.45. The predicted octanol–water partition coefficient (Wildman–Crippen LogP) is 1.55. The number of fused-ring (bicyclic) bond motifs is 1. The van der Waals surface area contributed by atoms with E-state index in [4.69, 9.17) is 10.5 Å². The van der Waals surface area contributed by atoms with Gasteiger partial charge in [0.2, 0.25) is 0 Å². The number of hydrogen-bond acceptors (Lipinski definition) is 7. The molecule has 5 N–H and O–H groups in total. The van der Waals surface area contributed by atoms with Gasteiger partial charge in [-0.1, -0.05) is 6.07 Å². The molecule has 0 radical (unpaired) electrons. The van der Waals surface area contributed by atoms with Crippen LogP contribution in [0, 0.1) is 0 Å². The number of anilines is 3. The van der Waals surface area contributed by atoms with Crippen LogP contribution in [0.1, 0.15) is 10.4 Å². The Morgan fingerprint density at radius 2 is 2.24 bits per heavy atom. The lowest BCUT2D eigenvalue weighted by atomic mass is 10.3. The van der Waals surface area contributed by atoms with Crippen molar-refractivity contribution >= 4 is 28.9 Å². The van der Waals surface area contributed by atoms with Crippen LogP contribution in [-0.2, 0) is 0 Å². The van der Waals surface area contributed by atoms with Gasteiger partial charge in [0.1, 0.15) is 29.6 Å². The van der Waals surface area contributed by atoms with E-state index in [0.29, 0.717) is 30.5 Å². The van der Waals surface area contributed by atoms with Crippen molar-refractivity contribution in [2.75, 3.05) is 30.8 Å². The Morgan fingerprint density at radius 1 is 1.40 bits per heavy atom.